The maximum absolute atomic E-state index is 13.1. The quantitative estimate of drug-likeness (QED) is 0.302. The van der Waals surface area contributed by atoms with Crippen LogP contribution in [0.15, 0.2) is 53.6 Å². The summed E-state index contributed by atoms with van der Waals surface area (Å²) >= 11 is 0. The van der Waals surface area contributed by atoms with E-state index in [1.807, 2.05) is 55.8 Å². The number of nitrogens with zero attached hydrogens (tertiary/aromatic N) is 3. The first-order chi connectivity index (χ1) is 18.8. The Hall–Kier alpha value is -4.37. The standard InChI is InChI=1S/C30H32N6O3/c1-5-32-29(37)25-13-22-23(16-35(4)30(38)27(22)33-25)21-12-24-19(15-36(34-24)20-9-10-31-14-20)11-26(21)39-28-17(2)7-6-8-18(28)3/h6-8,11-13,15-16,20,31,33H,5,9-10,14H2,1-4H3,(H,32,37). The molecule has 0 saturated carbocycles. The molecule has 3 aromatic heterocycles. The van der Waals surface area contributed by atoms with Crippen LogP contribution in [0.5, 0.6) is 11.5 Å². The maximum atomic E-state index is 13.1. The summed E-state index contributed by atoms with van der Waals surface area (Å²) in [5.41, 5.74) is 4.97. The van der Waals surface area contributed by atoms with E-state index in [1.165, 1.54) is 4.57 Å². The summed E-state index contributed by atoms with van der Waals surface area (Å²) in [4.78, 5) is 28.8. The number of pyridine rings is 1. The van der Waals surface area contributed by atoms with Gasteiger partial charge in [0, 0.05) is 54.4 Å². The largest absolute Gasteiger partial charge is 0.456 e. The number of para-hydroxylation sites is 1. The molecule has 3 N–H and O–H groups in total. The van der Waals surface area contributed by atoms with Crippen molar-refractivity contribution in [3.05, 3.63) is 76.0 Å². The number of rotatable bonds is 6. The van der Waals surface area contributed by atoms with Crippen molar-refractivity contribution >= 4 is 27.7 Å². The Kier molecular flexibility index (Phi) is 6.23. The van der Waals surface area contributed by atoms with Crippen LogP contribution >= 0.6 is 0 Å². The lowest BCUT2D eigenvalue weighted by molar-refractivity contribution is 0.0951. The van der Waals surface area contributed by atoms with Crippen molar-refractivity contribution in [1.29, 1.82) is 0 Å². The molecule has 6 rings (SSSR count). The summed E-state index contributed by atoms with van der Waals surface area (Å²) in [6.07, 6.45) is 4.91. The van der Waals surface area contributed by atoms with Gasteiger partial charge in [0.1, 0.15) is 22.7 Å². The lowest BCUT2D eigenvalue weighted by Crippen LogP contribution is -2.23. The number of benzene rings is 2. The van der Waals surface area contributed by atoms with Crippen molar-refractivity contribution in [2.45, 2.75) is 33.2 Å². The Balaban J connectivity index is 1.59. The number of aromatic amines is 1. The van der Waals surface area contributed by atoms with Gasteiger partial charge in [-0.1, -0.05) is 18.2 Å². The molecule has 9 nitrogen and oxygen atoms in total. The molecular formula is C30H32N6O3. The first-order valence-corrected chi connectivity index (χ1v) is 13.3. The smallest absolute Gasteiger partial charge is 0.274 e. The molecule has 200 valence electrons. The van der Waals surface area contributed by atoms with Gasteiger partial charge < -0.3 is 24.9 Å². The predicted octanol–water partition coefficient (Wildman–Crippen LogP) is 4.58. The monoisotopic (exact) mass is 524 g/mol. The molecule has 1 amide bonds. The van der Waals surface area contributed by atoms with Crippen LogP contribution in [-0.2, 0) is 7.05 Å². The Bertz CT molecular complexity index is 1770. The molecule has 1 fully saturated rings. The van der Waals surface area contributed by atoms with Gasteiger partial charge in [-0.3, -0.25) is 14.3 Å². The Morgan fingerprint density at radius 3 is 2.67 bits per heavy atom. The third-order valence-electron chi connectivity index (χ3n) is 7.49. The fraction of sp³-hybridized carbons (Fsp3) is 0.300. The van der Waals surface area contributed by atoms with Crippen LogP contribution in [0, 0.1) is 13.8 Å². The van der Waals surface area contributed by atoms with Crippen LogP contribution in [-0.4, -0.2) is 44.9 Å². The summed E-state index contributed by atoms with van der Waals surface area (Å²) in [5, 5.41) is 12.8. The highest BCUT2D eigenvalue weighted by atomic mass is 16.5. The number of nitrogens with one attached hydrogen (secondary N) is 3. The fourth-order valence-corrected chi connectivity index (χ4v) is 5.41. The Morgan fingerprint density at radius 1 is 1.15 bits per heavy atom. The molecule has 1 saturated heterocycles. The van der Waals surface area contributed by atoms with E-state index in [1.54, 1.807) is 19.3 Å². The van der Waals surface area contributed by atoms with Crippen molar-refractivity contribution in [1.82, 2.24) is 30.0 Å². The summed E-state index contributed by atoms with van der Waals surface area (Å²) in [6, 6.07) is 12.2. The molecule has 0 radical (unpaired) electrons. The van der Waals surface area contributed by atoms with Gasteiger partial charge in [0.15, 0.2) is 0 Å². The van der Waals surface area contributed by atoms with E-state index in [9.17, 15) is 9.59 Å². The number of carbonyl (C=O) groups excluding carboxylic acids is 1. The number of hydrogen-bond acceptors (Lipinski definition) is 5. The van der Waals surface area contributed by atoms with E-state index in [-0.39, 0.29) is 11.5 Å². The van der Waals surface area contributed by atoms with E-state index >= 15 is 0 Å². The molecule has 2 aromatic carbocycles. The van der Waals surface area contributed by atoms with Crippen molar-refractivity contribution in [3.63, 3.8) is 0 Å². The maximum Gasteiger partial charge on any atom is 0.274 e. The highest BCUT2D eigenvalue weighted by molar-refractivity contribution is 6.04. The average Bonchev–Trinajstić information content (AvgIpc) is 3.67. The van der Waals surface area contributed by atoms with Crippen LogP contribution in [0.25, 0.3) is 32.9 Å². The third kappa shape index (κ3) is 4.38. The lowest BCUT2D eigenvalue weighted by atomic mass is 10.0. The SMILES string of the molecule is CCNC(=O)c1cc2c(-c3cc4nn(C5CCNC5)cc4cc3Oc3c(C)cccc3C)cn(C)c(=O)c2[nH]1. The highest BCUT2D eigenvalue weighted by Gasteiger charge is 2.22. The zero-order valence-corrected chi connectivity index (χ0v) is 22.6. The normalized spacial score (nSPS) is 15.3. The summed E-state index contributed by atoms with van der Waals surface area (Å²) < 4.78 is 10.2. The van der Waals surface area contributed by atoms with Crippen molar-refractivity contribution < 1.29 is 9.53 Å². The summed E-state index contributed by atoms with van der Waals surface area (Å²) in [6.45, 7) is 8.27. The molecule has 0 spiro atoms. The first kappa shape index (κ1) is 24.9. The van der Waals surface area contributed by atoms with Gasteiger partial charge in [0.2, 0.25) is 0 Å². The molecule has 39 heavy (non-hydrogen) atoms. The van der Waals surface area contributed by atoms with Gasteiger partial charge in [-0.25, -0.2) is 0 Å². The fourth-order valence-electron chi connectivity index (χ4n) is 5.41. The number of amides is 1. The van der Waals surface area contributed by atoms with Crippen molar-refractivity contribution in [3.8, 4) is 22.6 Å². The van der Waals surface area contributed by atoms with E-state index in [2.05, 4.69) is 21.8 Å². The number of fused-ring (bicyclic) bond motifs is 2. The van der Waals surface area contributed by atoms with Gasteiger partial charge in [-0.05, 0) is 63.1 Å². The molecule has 1 aliphatic rings. The minimum Gasteiger partial charge on any atom is -0.456 e. The molecule has 1 atom stereocenters. The zero-order valence-electron chi connectivity index (χ0n) is 22.6. The molecule has 1 unspecified atom stereocenters. The second kappa shape index (κ2) is 9.74. The number of H-pyrrole nitrogens is 1. The molecule has 0 aliphatic carbocycles. The molecule has 5 aromatic rings. The van der Waals surface area contributed by atoms with Crippen LogP contribution in [0.1, 0.15) is 41.0 Å². The topological polar surface area (TPSA) is 106 Å². The van der Waals surface area contributed by atoms with Crippen molar-refractivity contribution in [2.75, 3.05) is 19.6 Å². The molecule has 1 aliphatic heterocycles. The van der Waals surface area contributed by atoms with Gasteiger partial charge in [0.25, 0.3) is 11.5 Å². The molecular weight excluding hydrogens is 492 g/mol. The predicted molar refractivity (Wildman–Crippen MR) is 153 cm³/mol. The first-order valence-electron chi connectivity index (χ1n) is 13.3. The second-order valence-corrected chi connectivity index (χ2v) is 10.3. The Labute approximate surface area is 225 Å². The highest BCUT2D eigenvalue weighted by Crippen LogP contribution is 2.41. The number of carbonyl (C=O) groups is 1. The van der Waals surface area contributed by atoms with Gasteiger partial charge in [0.05, 0.1) is 11.6 Å². The minimum absolute atomic E-state index is 0.208. The van der Waals surface area contributed by atoms with E-state index in [4.69, 9.17) is 9.84 Å². The third-order valence-corrected chi connectivity index (χ3v) is 7.49. The van der Waals surface area contributed by atoms with Gasteiger partial charge in [-0.15, -0.1) is 0 Å². The van der Waals surface area contributed by atoms with Crippen LogP contribution in [0.2, 0.25) is 0 Å². The van der Waals surface area contributed by atoms with E-state index in [0.29, 0.717) is 34.9 Å². The van der Waals surface area contributed by atoms with Crippen LogP contribution in [0.3, 0.4) is 0 Å². The number of aryl methyl sites for hydroxylation is 3. The number of aromatic nitrogens is 4. The van der Waals surface area contributed by atoms with Crippen LogP contribution < -0.4 is 20.9 Å². The summed E-state index contributed by atoms with van der Waals surface area (Å²) in [5.74, 6) is 1.20. The Morgan fingerprint density at radius 2 is 1.95 bits per heavy atom. The average molecular weight is 525 g/mol. The second-order valence-electron chi connectivity index (χ2n) is 10.3. The number of ether oxygens (including phenoxy) is 1. The summed E-state index contributed by atoms with van der Waals surface area (Å²) in [7, 11) is 1.71. The minimum atomic E-state index is -0.256. The zero-order chi connectivity index (χ0) is 27.3. The molecule has 0 bridgehead atoms. The van der Waals surface area contributed by atoms with Crippen LogP contribution in [0.4, 0.5) is 0 Å². The van der Waals surface area contributed by atoms with Gasteiger partial charge >= 0.3 is 0 Å². The van der Waals surface area contributed by atoms with Gasteiger partial charge in [-0.2, -0.15) is 5.10 Å². The van der Waals surface area contributed by atoms with Crippen molar-refractivity contribution in [2.24, 2.45) is 7.05 Å². The van der Waals surface area contributed by atoms with E-state index < -0.39 is 0 Å². The lowest BCUT2D eigenvalue weighted by Gasteiger charge is -2.16. The molecule has 4 heterocycles. The van der Waals surface area contributed by atoms with E-state index in [0.717, 1.165) is 58.4 Å². The number of hydrogen-bond donors (Lipinski definition) is 3. The molecule has 9 heteroatoms.